The standard InChI is InChI=1S/C63H113N11O11/c1-26-28-29-41(15)42(16)53-57(79)66-45(27-2)59(81)68(19)34-50(75)69(20)46(30-35(3)4)56(78)67-51(39(11)12)62(84)70(21)47(31-36(5)6)55(77)64-43(17)54(76)65-44(18)58(80)71(22)48(32-37(7)8)60(82)72(23)49(33-38(9)10)61(83)73(24)52(40(13)14)63(85)74(53)25/h26,28,35-49,51-53H,27,29-34H2,1-25H3,(H,64,77)(H,65,76)(H,66,79)(H,67,78)/b28-26+/t41-,42-,43-,44+,45-,46+,47-,48-,49-,51-,52-,53-/m1/s1. The van der Waals surface area contributed by atoms with Crippen LogP contribution in [0.4, 0.5) is 0 Å². The van der Waals surface area contributed by atoms with Gasteiger partial charge in [0.05, 0.1) is 6.54 Å². The average molecular weight is 1200 g/mol. The van der Waals surface area contributed by atoms with Crippen molar-refractivity contribution >= 4 is 65.0 Å². The zero-order valence-electron chi connectivity index (χ0n) is 56.6. The summed E-state index contributed by atoms with van der Waals surface area (Å²) in [6, 6.07) is -11.5. The first-order valence-corrected chi connectivity index (χ1v) is 30.9. The molecule has 12 atom stereocenters. The SMILES string of the molecule is C/C=C/C[C@@H](C)[C@@H](C)[C@@H]1C(=O)N[C@H](CC)C(=O)N(C)CC(=O)N(C)[C@@H](CC(C)C)C(=O)N[C@H](C(C)C)C(=O)N(C)[C@H](CC(C)C)C(=O)N[C@H](C)C(=O)N[C@@H](C)C(=O)N(C)[C@H](CC(C)C)C(=O)N(C)[C@H](CC(C)C)C(=O)N(C)[C@H](C(C)C)C(=O)N1C. The molecule has 0 aromatic rings. The Balaban J connectivity index is 4.32. The fraction of sp³-hybridized carbons (Fsp3) is 0.794. The molecule has 22 heteroatoms. The molecule has 0 unspecified atom stereocenters. The quantitative estimate of drug-likeness (QED) is 0.166. The van der Waals surface area contributed by atoms with Crippen LogP contribution in [0.25, 0.3) is 0 Å². The maximum atomic E-state index is 15.2. The highest BCUT2D eigenvalue weighted by atomic mass is 16.2. The van der Waals surface area contributed by atoms with Crippen LogP contribution in [0.2, 0.25) is 0 Å². The molecule has 22 nitrogen and oxygen atoms in total. The van der Waals surface area contributed by atoms with Crippen LogP contribution in [0.3, 0.4) is 0 Å². The molecule has 0 aromatic heterocycles. The van der Waals surface area contributed by atoms with Crippen LogP contribution in [-0.4, -0.2) is 216 Å². The molecule has 0 bridgehead atoms. The molecular weight excluding hydrogens is 1090 g/mol. The Morgan fingerprint density at radius 1 is 0.435 bits per heavy atom. The molecule has 1 fully saturated rings. The maximum absolute atomic E-state index is 15.2. The van der Waals surface area contributed by atoms with Crippen LogP contribution in [0.15, 0.2) is 12.2 Å². The van der Waals surface area contributed by atoms with Crippen molar-refractivity contribution in [2.45, 2.75) is 224 Å². The lowest BCUT2D eigenvalue weighted by atomic mass is 9.84. The number of rotatable bonds is 15. The summed E-state index contributed by atoms with van der Waals surface area (Å²) in [4.78, 5) is 170. The van der Waals surface area contributed by atoms with Crippen LogP contribution in [0, 0.1) is 47.3 Å². The lowest BCUT2D eigenvalue weighted by Gasteiger charge is -2.42. The van der Waals surface area contributed by atoms with Crippen molar-refractivity contribution < 1.29 is 52.7 Å². The Labute approximate surface area is 510 Å². The van der Waals surface area contributed by atoms with Gasteiger partial charge in [0.1, 0.15) is 60.4 Å². The predicted molar refractivity (Wildman–Crippen MR) is 332 cm³/mol. The molecule has 0 saturated carbocycles. The molecule has 1 aliphatic rings. The Hall–Kier alpha value is -6.09. The average Bonchev–Trinajstić information content (AvgIpc) is 3.62. The van der Waals surface area contributed by atoms with Crippen LogP contribution in [0.1, 0.15) is 163 Å². The normalized spacial score (nSPS) is 26.9. The summed E-state index contributed by atoms with van der Waals surface area (Å²) in [5, 5.41) is 11.2. The summed E-state index contributed by atoms with van der Waals surface area (Å²) in [5.41, 5.74) is 0. The number of carbonyl (C=O) groups is 11. The van der Waals surface area contributed by atoms with E-state index < -0.39 is 150 Å². The van der Waals surface area contributed by atoms with Gasteiger partial charge in [0.2, 0.25) is 65.0 Å². The Morgan fingerprint density at radius 3 is 1.29 bits per heavy atom. The lowest BCUT2D eigenvalue weighted by molar-refractivity contribution is -0.156. The molecule has 0 spiro atoms. The summed E-state index contributed by atoms with van der Waals surface area (Å²) >= 11 is 0. The first-order chi connectivity index (χ1) is 39.2. The Bertz CT molecular complexity index is 2320. The Kier molecular flexibility index (Phi) is 31.6. The molecule has 85 heavy (non-hydrogen) atoms. The largest absolute Gasteiger partial charge is 0.343 e. The second kappa shape index (κ2) is 34.9. The van der Waals surface area contributed by atoms with Gasteiger partial charge in [-0.05, 0) is 107 Å². The fourth-order valence-corrected chi connectivity index (χ4v) is 11.0. The zero-order valence-corrected chi connectivity index (χ0v) is 56.6. The minimum absolute atomic E-state index is 0.105. The van der Waals surface area contributed by atoms with E-state index in [1.54, 1.807) is 34.6 Å². The molecule has 11 amide bonds. The molecular formula is C63H113N11O11. The van der Waals surface area contributed by atoms with E-state index in [2.05, 4.69) is 21.3 Å². The van der Waals surface area contributed by atoms with Crippen LogP contribution in [0.5, 0.6) is 0 Å². The van der Waals surface area contributed by atoms with E-state index in [4.69, 9.17) is 0 Å². The fourth-order valence-electron chi connectivity index (χ4n) is 11.0. The Morgan fingerprint density at radius 2 is 0.847 bits per heavy atom. The number of hydrogen-bond donors (Lipinski definition) is 4. The molecule has 1 rings (SSSR count). The van der Waals surface area contributed by atoms with E-state index in [0.29, 0.717) is 6.42 Å². The highest BCUT2D eigenvalue weighted by molar-refractivity contribution is 5.99. The third kappa shape index (κ3) is 21.7. The summed E-state index contributed by atoms with van der Waals surface area (Å²) < 4.78 is 0. The van der Waals surface area contributed by atoms with Gasteiger partial charge < -0.3 is 55.6 Å². The number of nitrogens with one attached hydrogen (secondary N) is 4. The van der Waals surface area contributed by atoms with E-state index in [1.165, 1.54) is 97.5 Å². The van der Waals surface area contributed by atoms with Gasteiger partial charge in [-0.2, -0.15) is 0 Å². The molecule has 1 saturated heterocycles. The zero-order chi connectivity index (χ0) is 66.0. The van der Waals surface area contributed by atoms with Gasteiger partial charge in [0, 0.05) is 49.3 Å². The summed E-state index contributed by atoms with van der Waals surface area (Å²) in [6.45, 7) is 32.0. The molecule has 0 aliphatic carbocycles. The van der Waals surface area contributed by atoms with Crippen molar-refractivity contribution in [3.63, 3.8) is 0 Å². The molecule has 1 aliphatic heterocycles. The molecule has 0 aromatic carbocycles. The van der Waals surface area contributed by atoms with Crippen molar-refractivity contribution in [1.29, 1.82) is 0 Å². The summed E-state index contributed by atoms with van der Waals surface area (Å²) in [6.07, 6.45) is 5.25. The number of amides is 11. The van der Waals surface area contributed by atoms with Gasteiger partial charge >= 0.3 is 0 Å². The van der Waals surface area contributed by atoms with Gasteiger partial charge in [-0.25, -0.2) is 0 Å². The van der Waals surface area contributed by atoms with Gasteiger partial charge in [-0.1, -0.05) is 116 Å². The molecule has 0 radical (unpaired) electrons. The summed E-state index contributed by atoms with van der Waals surface area (Å²) in [5.74, 6) is -8.87. The number of nitrogens with zero attached hydrogens (tertiary/aromatic N) is 7. The van der Waals surface area contributed by atoms with E-state index in [9.17, 15) is 43.2 Å². The van der Waals surface area contributed by atoms with Crippen LogP contribution in [-0.2, 0) is 52.7 Å². The highest BCUT2D eigenvalue weighted by Crippen LogP contribution is 2.28. The third-order valence-electron chi connectivity index (χ3n) is 16.6. The van der Waals surface area contributed by atoms with Crippen molar-refractivity contribution in [2.75, 3.05) is 55.9 Å². The molecule has 4 N–H and O–H groups in total. The number of likely N-dealkylation sites (N-methyl/N-ethyl adjacent to an activating group) is 7. The summed E-state index contributed by atoms with van der Waals surface area (Å²) in [7, 11) is 10.3. The maximum Gasteiger partial charge on any atom is 0.246 e. The first kappa shape index (κ1) is 76.9. The monoisotopic (exact) mass is 1200 g/mol. The van der Waals surface area contributed by atoms with Crippen molar-refractivity contribution in [1.82, 2.24) is 55.6 Å². The second-order valence-electron chi connectivity index (χ2n) is 26.5. The number of allylic oxidation sites excluding steroid dienone is 2. The molecule has 1 heterocycles. The van der Waals surface area contributed by atoms with Gasteiger partial charge in [0.25, 0.3) is 0 Å². The van der Waals surface area contributed by atoms with Crippen molar-refractivity contribution in [3.05, 3.63) is 12.2 Å². The first-order valence-electron chi connectivity index (χ1n) is 30.9. The van der Waals surface area contributed by atoms with E-state index >= 15 is 9.59 Å². The lowest BCUT2D eigenvalue weighted by Crippen LogP contribution is -2.62. The van der Waals surface area contributed by atoms with E-state index in [1.807, 2.05) is 88.3 Å². The van der Waals surface area contributed by atoms with Crippen molar-refractivity contribution in [2.24, 2.45) is 47.3 Å². The molecule has 486 valence electrons. The van der Waals surface area contributed by atoms with Gasteiger partial charge in [-0.15, -0.1) is 0 Å². The van der Waals surface area contributed by atoms with E-state index in [0.717, 1.165) is 0 Å². The predicted octanol–water partition coefficient (Wildman–Crippen LogP) is 4.54. The minimum Gasteiger partial charge on any atom is -0.343 e. The minimum atomic E-state index is -1.21. The van der Waals surface area contributed by atoms with Crippen LogP contribution >= 0.6 is 0 Å². The van der Waals surface area contributed by atoms with E-state index in [-0.39, 0.29) is 61.7 Å². The smallest absolute Gasteiger partial charge is 0.246 e. The number of carbonyl (C=O) groups excluding carboxylic acids is 11. The highest BCUT2D eigenvalue weighted by Gasteiger charge is 2.45. The topological polar surface area (TPSA) is 259 Å². The van der Waals surface area contributed by atoms with Crippen LogP contribution < -0.4 is 21.3 Å². The number of hydrogen-bond acceptors (Lipinski definition) is 11. The van der Waals surface area contributed by atoms with Crippen molar-refractivity contribution in [3.8, 4) is 0 Å². The van der Waals surface area contributed by atoms with Gasteiger partial charge in [0.15, 0.2) is 0 Å². The third-order valence-corrected chi connectivity index (χ3v) is 16.6. The van der Waals surface area contributed by atoms with Gasteiger partial charge in [-0.3, -0.25) is 52.7 Å². The second-order valence-corrected chi connectivity index (χ2v) is 26.5.